The van der Waals surface area contributed by atoms with E-state index in [0.717, 1.165) is 37.7 Å². The normalized spacial score (nSPS) is 11.4. The summed E-state index contributed by atoms with van der Waals surface area (Å²) in [5.41, 5.74) is 0. The number of aliphatic hydroxyl groups excluding tert-OH is 2. The first kappa shape index (κ1) is 45.5. The minimum Gasteiger partial charge on any atom is -0.487 e. The second-order valence-corrected chi connectivity index (χ2v) is 10.6. The zero-order valence-electron chi connectivity index (χ0n) is 28.9. The highest BCUT2D eigenvalue weighted by Crippen LogP contribution is 2.32. The lowest BCUT2D eigenvalue weighted by atomic mass is 10.3. The molecule has 49 heavy (non-hydrogen) atoms. The van der Waals surface area contributed by atoms with E-state index in [1.807, 2.05) is 109 Å². The molecule has 0 saturated carbocycles. The molecule has 0 fully saturated rings. The van der Waals surface area contributed by atoms with Crippen LogP contribution in [0.25, 0.3) is 0 Å². The highest BCUT2D eigenvalue weighted by Gasteiger charge is 2.13. The number of likely N-dealkylation sites (N-methyl/N-ethyl adjacent to an activating group) is 2. The van der Waals surface area contributed by atoms with Gasteiger partial charge in [0.05, 0.1) is 0 Å². The second kappa shape index (κ2) is 26.3. The van der Waals surface area contributed by atoms with Crippen molar-refractivity contribution in [3.8, 4) is 34.5 Å². The summed E-state index contributed by atoms with van der Waals surface area (Å²) in [6.07, 6.45) is -1.06. The molecule has 0 saturated heterocycles. The molecule has 0 amide bonds. The monoisotopic (exact) mass is 720 g/mol. The topological polar surface area (TPSA) is 115 Å². The number of para-hydroxylation sites is 6. The fourth-order valence-electron chi connectivity index (χ4n) is 4.58. The molecule has 0 aliphatic rings. The lowest BCUT2D eigenvalue weighted by Gasteiger charge is -2.22. The van der Waals surface area contributed by atoms with Gasteiger partial charge in [-0.1, -0.05) is 88.4 Å². The summed E-state index contributed by atoms with van der Waals surface area (Å²) >= 11 is 0. The lowest BCUT2D eigenvalue weighted by molar-refractivity contribution is 0.0707. The molecule has 2 atom stereocenters. The molecule has 0 heterocycles. The number of halogens is 2. The second-order valence-electron chi connectivity index (χ2n) is 10.6. The van der Waals surface area contributed by atoms with Crippen LogP contribution < -0.4 is 18.9 Å². The fourth-order valence-corrected chi connectivity index (χ4v) is 4.58. The predicted octanol–water partition coefficient (Wildman–Crippen LogP) is 7.14. The molecule has 4 aromatic rings. The van der Waals surface area contributed by atoms with Gasteiger partial charge in [-0.3, -0.25) is 0 Å². The zero-order valence-corrected chi connectivity index (χ0v) is 30.6. The van der Waals surface area contributed by atoms with Crippen molar-refractivity contribution in [2.45, 2.75) is 39.9 Å². The number of hydrogen-bond acceptors (Lipinski definition) is 8. The number of ether oxygens (including phenoxy) is 4. The SMILES string of the molecule is CCN(CC)CC(O)COc1ccccc1Oc1ccccc1.CCN(CC)CC(O)COc1ccccc1Oc1ccccc1.Cl.Cl.O. The van der Waals surface area contributed by atoms with Crippen molar-refractivity contribution in [3.05, 3.63) is 109 Å². The van der Waals surface area contributed by atoms with E-state index in [1.165, 1.54) is 0 Å². The Morgan fingerprint density at radius 1 is 0.469 bits per heavy atom. The quantitative estimate of drug-likeness (QED) is 0.112. The van der Waals surface area contributed by atoms with Crippen LogP contribution in [0.1, 0.15) is 27.7 Å². The summed E-state index contributed by atoms with van der Waals surface area (Å²) in [5, 5.41) is 20.2. The van der Waals surface area contributed by atoms with Gasteiger partial charge in [0.1, 0.15) is 36.9 Å². The molecule has 2 unspecified atom stereocenters. The van der Waals surface area contributed by atoms with Crippen LogP contribution in [0.5, 0.6) is 34.5 Å². The number of hydrogen-bond donors (Lipinski definition) is 2. The number of nitrogens with zero attached hydrogens (tertiary/aromatic N) is 2. The Morgan fingerprint density at radius 3 is 1.06 bits per heavy atom. The van der Waals surface area contributed by atoms with E-state index in [-0.39, 0.29) is 43.5 Å². The van der Waals surface area contributed by atoms with Gasteiger partial charge in [0.15, 0.2) is 23.0 Å². The average Bonchev–Trinajstić information content (AvgIpc) is 3.10. The van der Waals surface area contributed by atoms with Gasteiger partial charge >= 0.3 is 0 Å². The average molecular weight is 722 g/mol. The van der Waals surface area contributed by atoms with Crippen LogP contribution in [0.15, 0.2) is 109 Å². The number of aliphatic hydroxyl groups is 2. The van der Waals surface area contributed by atoms with Crippen LogP contribution in [0.3, 0.4) is 0 Å². The van der Waals surface area contributed by atoms with Crippen molar-refractivity contribution in [2.24, 2.45) is 0 Å². The summed E-state index contributed by atoms with van der Waals surface area (Å²) in [6.45, 7) is 13.7. The Morgan fingerprint density at radius 2 is 0.755 bits per heavy atom. The Hall–Kier alpha value is -3.54. The largest absolute Gasteiger partial charge is 0.487 e. The molecular formula is C38H54Cl2N2O7. The first-order valence-electron chi connectivity index (χ1n) is 16.2. The molecule has 4 rings (SSSR count). The fraction of sp³-hybridized carbons (Fsp3) is 0.368. The summed E-state index contributed by atoms with van der Waals surface area (Å²) < 4.78 is 23.2. The van der Waals surface area contributed by atoms with Gasteiger partial charge in [0, 0.05) is 13.1 Å². The molecule has 272 valence electrons. The standard InChI is InChI=1S/2C19H25NO3.2ClH.H2O/c2*1-3-20(4-2)14-16(21)15-22-18-12-8-9-13-19(18)23-17-10-6-5-7-11-17;;;/h2*5-13,16,21H,3-4,14-15H2,1-2H3;2*1H;1H2. The van der Waals surface area contributed by atoms with Crippen LogP contribution in [-0.2, 0) is 0 Å². The van der Waals surface area contributed by atoms with E-state index in [4.69, 9.17) is 18.9 Å². The van der Waals surface area contributed by atoms with Gasteiger partial charge in [0.2, 0.25) is 0 Å². The molecule has 0 radical (unpaired) electrons. The first-order chi connectivity index (χ1) is 22.4. The van der Waals surface area contributed by atoms with Crippen molar-refractivity contribution in [1.29, 1.82) is 0 Å². The Bertz CT molecular complexity index is 1260. The molecule has 0 spiro atoms. The van der Waals surface area contributed by atoms with Crippen LogP contribution in [0.4, 0.5) is 0 Å². The van der Waals surface area contributed by atoms with E-state index in [1.54, 1.807) is 0 Å². The van der Waals surface area contributed by atoms with E-state index in [9.17, 15) is 10.2 Å². The maximum Gasteiger partial charge on any atom is 0.169 e. The van der Waals surface area contributed by atoms with Crippen molar-refractivity contribution >= 4 is 24.8 Å². The van der Waals surface area contributed by atoms with Crippen molar-refractivity contribution < 1.29 is 34.6 Å². The van der Waals surface area contributed by atoms with Crippen molar-refractivity contribution in [2.75, 3.05) is 52.5 Å². The predicted molar refractivity (Wildman–Crippen MR) is 203 cm³/mol. The Kier molecular flexibility index (Phi) is 24.4. The molecule has 0 aromatic heterocycles. The van der Waals surface area contributed by atoms with Crippen molar-refractivity contribution in [3.63, 3.8) is 0 Å². The van der Waals surface area contributed by atoms with Crippen LogP contribution in [0, 0.1) is 0 Å². The third-order valence-electron chi connectivity index (χ3n) is 7.23. The Balaban J connectivity index is 0.000000886. The minimum atomic E-state index is -0.528. The van der Waals surface area contributed by atoms with Gasteiger partial charge in [-0.05, 0) is 74.7 Å². The van der Waals surface area contributed by atoms with Gasteiger partial charge in [0.25, 0.3) is 0 Å². The highest BCUT2D eigenvalue weighted by molar-refractivity contribution is 5.85. The first-order valence-corrected chi connectivity index (χ1v) is 16.2. The summed E-state index contributed by atoms with van der Waals surface area (Å²) in [6, 6.07) is 34.2. The molecule has 0 bridgehead atoms. The zero-order chi connectivity index (χ0) is 33.0. The minimum absolute atomic E-state index is 0. The molecule has 0 aliphatic heterocycles. The summed E-state index contributed by atoms with van der Waals surface area (Å²) in [4.78, 5) is 4.33. The van der Waals surface area contributed by atoms with Gasteiger partial charge < -0.3 is 44.4 Å². The summed E-state index contributed by atoms with van der Waals surface area (Å²) in [5.74, 6) is 4.08. The molecular weight excluding hydrogens is 667 g/mol. The van der Waals surface area contributed by atoms with E-state index < -0.39 is 12.2 Å². The Labute approximate surface area is 304 Å². The molecule has 9 nitrogen and oxygen atoms in total. The summed E-state index contributed by atoms with van der Waals surface area (Å²) in [7, 11) is 0. The van der Waals surface area contributed by atoms with Gasteiger partial charge in [-0.15, -0.1) is 24.8 Å². The van der Waals surface area contributed by atoms with E-state index in [0.29, 0.717) is 36.1 Å². The van der Waals surface area contributed by atoms with Crippen LogP contribution in [-0.4, -0.2) is 90.2 Å². The third kappa shape index (κ3) is 17.1. The van der Waals surface area contributed by atoms with E-state index >= 15 is 0 Å². The van der Waals surface area contributed by atoms with E-state index in [2.05, 4.69) is 37.5 Å². The highest BCUT2D eigenvalue weighted by atomic mass is 35.5. The smallest absolute Gasteiger partial charge is 0.169 e. The molecule has 4 aromatic carbocycles. The van der Waals surface area contributed by atoms with Gasteiger partial charge in [-0.25, -0.2) is 0 Å². The number of rotatable bonds is 18. The number of benzene rings is 4. The third-order valence-corrected chi connectivity index (χ3v) is 7.23. The molecule has 4 N–H and O–H groups in total. The van der Waals surface area contributed by atoms with Gasteiger partial charge in [-0.2, -0.15) is 0 Å². The van der Waals surface area contributed by atoms with Crippen LogP contribution >= 0.6 is 24.8 Å². The maximum absolute atomic E-state index is 10.1. The molecule has 0 aliphatic carbocycles. The lowest BCUT2D eigenvalue weighted by Crippen LogP contribution is -2.35. The molecule has 11 heteroatoms. The van der Waals surface area contributed by atoms with Crippen LogP contribution in [0.2, 0.25) is 0 Å². The maximum atomic E-state index is 10.1. The van der Waals surface area contributed by atoms with Crippen molar-refractivity contribution in [1.82, 2.24) is 9.80 Å².